The highest BCUT2D eigenvalue weighted by atomic mass is 19.1. The number of nitrogens with one attached hydrogen (secondary N) is 1. The Hall–Kier alpha value is -2.23. The Balaban J connectivity index is 2.38. The zero-order chi connectivity index (χ0) is 12.1. The molecule has 86 valence electrons. The van der Waals surface area contributed by atoms with Gasteiger partial charge in [-0.25, -0.2) is 4.39 Å². The molecule has 1 amide bonds. The lowest BCUT2D eigenvalue weighted by Crippen LogP contribution is -2.13. The number of alkyl halides is 1. The van der Waals surface area contributed by atoms with Gasteiger partial charge in [0.1, 0.15) is 0 Å². The van der Waals surface area contributed by atoms with Gasteiger partial charge in [0.05, 0.1) is 0 Å². The number of aromatic nitrogens is 1. The molecule has 2 aromatic rings. The summed E-state index contributed by atoms with van der Waals surface area (Å²) in [5.41, 5.74) is 2.29. The Kier molecular flexibility index (Phi) is 3.45. The van der Waals surface area contributed by atoms with Gasteiger partial charge in [-0.1, -0.05) is 24.3 Å². The largest absolute Gasteiger partial charge is 0.323 e. The molecule has 1 aromatic carbocycles. The number of rotatable bonds is 3. The van der Waals surface area contributed by atoms with Crippen LogP contribution in [0.2, 0.25) is 0 Å². The van der Waals surface area contributed by atoms with Crippen LogP contribution >= 0.6 is 0 Å². The average Bonchev–Trinajstić information content (AvgIpc) is 2.40. The van der Waals surface area contributed by atoms with E-state index < -0.39 is 12.6 Å². The number of carbonyl (C=O) groups excluding carboxylic acids is 1. The zero-order valence-electron chi connectivity index (χ0n) is 9.06. The van der Waals surface area contributed by atoms with E-state index in [1.165, 1.54) is 0 Å². The lowest BCUT2D eigenvalue weighted by Gasteiger charge is -2.09. The van der Waals surface area contributed by atoms with E-state index in [-0.39, 0.29) is 0 Å². The van der Waals surface area contributed by atoms with Crippen LogP contribution in [-0.4, -0.2) is 17.6 Å². The third kappa shape index (κ3) is 2.66. The summed E-state index contributed by atoms with van der Waals surface area (Å²) in [5, 5.41) is 2.52. The van der Waals surface area contributed by atoms with Gasteiger partial charge in [0, 0.05) is 29.2 Å². The highest BCUT2D eigenvalue weighted by Crippen LogP contribution is 2.26. The Morgan fingerprint density at radius 3 is 2.76 bits per heavy atom. The Morgan fingerprint density at radius 1 is 1.24 bits per heavy atom. The number of benzene rings is 1. The van der Waals surface area contributed by atoms with Gasteiger partial charge in [0.2, 0.25) is 0 Å². The van der Waals surface area contributed by atoms with E-state index in [1.54, 1.807) is 24.5 Å². The molecule has 2 rings (SSSR count). The van der Waals surface area contributed by atoms with E-state index in [4.69, 9.17) is 0 Å². The molecule has 0 bridgehead atoms. The summed E-state index contributed by atoms with van der Waals surface area (Å²) in [6.45, 7) is -1.03. The van der Waals surface area contributed by atoms with Crippen molar-refractivity contribution in [2.45, 2.75) is 0 Å². The summed E-state index contributed by atoms with van der Waals surface area (Å²) >= 11 is 0. The van der Waals surface area contributed by atoms with E-state index in [9.17, 15) is 9.18 Å². The van der Waals surface area contributed by atoms with Crippen molar-refractivity contribution in [3.05, 3.63) is 48.8 Å². The van der Waals surface area contributed by atoms with Gasteiger partial charge in [-0.15, -0.1) is 0 Å². The van der Waals surface area contributed by atoms with Crippen LogP contribution in [0.5, 0.6) is 0 Å². The van der Waals surface area contributed by atoms with E-state index in [2.05, 4.69) is 10.3 Å². The average molecular weight is 230 g/mol. The summed E-state index contributed by atoms with van der Waals surface area (Å²) in [6.07, 6.45) is 3.37. The van der Waals surface area contributed by atoms with Gasteiger partial charge in [0.15, 0.2) is 6.67 Å². The predicted octanol–water partition coefficient (Wildman–Crippen LogP) is 2.66. The van der Waals surface area contributed by atoms with Crippen LogP contribution in [0, 0.1) is 0 Å². The number of para-hydroxylation sites is 1. The fourth-order valence-corrected chi connectivity index (χ4v) is 1.55. The summed E-state index contributed by atoms with van der Waals surface area (Å²) in [7, 11) is 0. The van der Waals surface area contributed by atoms with Crippen LogP contribution in [0.25, 0.3) is 11.1 Å². The normalized spacial score (nSPS) is 9.94. The summed E-state index contributed by atoms with van der Waals surface area (Å²) < 4.78 is 12.2. The number of hydrogen-bond donors (Lipinski definition) is 1. The molecule has 1 heterocycles. The van der Waals surface area contributed by atoms with Crippen LogP contribution in [-0.2, 0) is 4.79 Å². The van der Waals surface area contributed by atoms with Gasteiger partial charge >= 0.3 is 0 Å². The third-order valence-corrected chi connectivity index (χ3v) is 2.30. The maximum absolute atomic E-state index is 12.2. The van der Waals surface area contributed by atoms with Crippen molar-refractivity contribution in [1.82, 2.24) is 4.98 Å². The minimum absolute atomic E-state index is 0.586. The van der Waals surface area contributed by atoms with E-state index in [0.29, 0.717) is 5.69 Å². The minimum atomic E-state index is -1.03. The lowest BCUT2D eigenvalue weighted by atomic mass is 10.1. The van der Waals surface area contributed by atoms with Crippen molar-refractivity contribution < 1.29 is 9.18 Å². The summed E-state index contributed by atoms with van der Waals surface area (Å²) in [4.78, 5) is 15.1. The molecule has 0 aliphatic carbocycles. The van der Waals surface area contributed by atoms with E-state index >= 15 is 0 Å². The second kappa shape index (κ2) is 5.21. The standard InChI is InChI=1S/C13H11FN2O/c14-8-13(17)16-12-6-2-1-5-11(12)10-4-3-7-15-9-10/h1-7,9H,8H2,(H,16,17). The molecule has 0 spiro atoms. The number of halogens is 1. The zero-order valence-corrected chi connectivity index (χ0v) is 9.06. The fourth-order valence-electron chi connectivity index (χ4n) is 1.55. The molecular formula is C13H11FN2O. The second-order valence-electron chi connectivity index (χ2n) is 3.47. The molecule has 1 N–H and O–H groups in total. The van der Waals surface area contributed by atoms with Gasteiger partial charge in [-0.05, 0) is 12.1 Å². The number of pyridine rings is 1. The fraction of sp³-hybridized carbons (Fsp3) is 0.0769. The molecular weight excluding hydrogens is 219 g/mol. The van der Waals surface area contributed by atoms with Crippen molar-refractivity contribution >= 4 is 11.6 Å². The van der Waals surface area contributed by atoms with Gasteiger partial charge in [-0.2, -0.15) is 0 Å². The predicted molar refractivity (Wildman–Crippen MR) is 64.3 cm³/mol. The topological polar surface area (TPSA) is 42.0 Å². The monoisotopic (exact) mass is 230 g/mol. The molecule has 17 heavy (non-hydrogen) atoms. The summed E-state index contributed by atoms with van der Waals surface area (Å²) in [5.74, 6) is -0.652. The molecule has 4 heteroatoms. The molecule has 0 aliphatic heterocycles. The molecule has 1 aromatic heterocycles. The first kappa shape index (κ1) is 11.3. The van der Waals surface area contributed by atoms with Gasteiger partial charge in [-0.3, -0.25) is 9.78 Å². The second-order valence-corrected chi connectivity index (χ2v) is 3.47. The quantitative estimate of drug-likeness (QED) is 0.880. The first-order valence-corrected chi connectivity index (χ1v) is 5.16. The van der Waals surface area contributed by atoms with Crippen molar-refractivity contribution in [2.24, 2.45) is 0 Å². The molecule has 0 unspecified atom stereocenters. The highest BCUT2D eigenvalue weighted by molar-refractivity contribution is 5.96. The SMILES string of the molecule is O=C(CF)Nc1ccccc1-c1cccnc1. The summed E-state index contributed by atoms with van der Waals surface area (Å²) in [6, 6.07) is 10.9. The van der Waals surface area contributed by atoms with Gasteiger partial charge < -0.3 is 5.32 Å². The number of amides is 1. The van der Waals surface area contributed by atoms with Crippen molar-refractivity contribution in [3.8, 4) is 11.1 Å². The Morgan fingerprint density at radius 2 is 2.06 bits per heavy atom. The van der Waals surface area contributed by atoms with Crippen LogP contribution in [0.1, 0.15) is 0 Å². The Bertz CT molecular complexity index is 514. The van der Waals surface area contributed by atoms with E-state index in [1.807, 2.05) is 24.3 Å². The first-order chi connectivity index (χ1) is 8.31. The molecule has 0 fully saturated rings. The van der Waals surface area contributed by atoms with Crippen LogP contribution in [0.4, 0.5) is 10.1 Å². The number of hydrogen-bond acceptors (Lipinski definition) is 2. The maximum Gasteiger partial charge on any atom is 0.255 e. The van der Waals surface area contributed by atoms with E-state index in [0.717, 1.165) is 11.1 Å². The molecule has 0 atom stereocenters. The minimum Gasteiger partial charge on any atom is -0.323 e. The number of carbonyl (C=O) groups is 1. The highest BCUT2D eigenvalue weighted by Gasteiger charge is 2.07. The first-order valence-electron chi connectivity index (χ1n) is 5.16. The van der Waals surface area contributed by atoms with Crippen LogP contribution < -0.4 is 5.32 Å². The third-order valence-electron chi connectivity index (χ3n) is 2.30. The molecule has 0 saturated heterocycles. The molecule has 0 saturated carbocycles. The van der Waals surface area contributed by atoms with Crippen LogP contribution in [0.15, 0.2) is 48.8 Å². The lowest BCUT2D eigenvalue weighted by molar-refractivity contribution is -0.117. The molecule has 0 radical (unpaired) electrons. The van der Waals surface area contributed by atoms with Crippen molar-refractivity contribution in [3.63, 3.8) is 0 Å². The molecule has 0 aliphatic rings. The molecule has 3 nitrogen and oxygen atoms in total. The number of anilines is 1. The van der Waals surface area contributed by atoms with Crippen LogP contribution in [0.3, 0.4) is 0 Å². The number of nitrogens with zero attached hydrogens (tertiary/aromatic N) is 1. The maximum atomic E-state index is 12.2. The smallest absolute Gasteiger partial charge is 0.255 e. The van der Waals surface area contributed by atoms with Crippen molar-refractivity contribution in [1.29, 1.82) is 0 Å². The van der Waals surface area contributed by atoms with Crippen molar-refractivity contribution in [2.75, 3.05) is 12.0 Å². The Labute approximate surface area is 98.3 Å². The van der Waals surface area contributed by atoms with Gasteiger partial charge in [0.25, 0.3) is 5.91 Å².